The number of carbonyl (C=O) groups is 1. The van der Waals surface area contributed by atoms with Gasteiger partial charge in [-0.25, -0.2) is 4.79 Å². The molecular weight excluding hydrogens is 180 g/mol. The number of nitrogens with one attached hydrogen (secondary N) is 1. The lowest BCUT2D eigenvalue weighted by molar-refractivity contribution is 0.0521. The highest BCUT2D eigenvalue weighted by Gasteiger charge is 2.38. The molecule has 0 saturated heterocycles. The zero-order chi connectivity index (χ0) is 10.8. The number of hydrogen-bond acceptors (Lipinski definition) is 3. The summed E-state index contributed by atoms with van der Waals surface area (Å²) in [6.07, 6.45) is 1.71. The van der Waals surface area contributed by atoms with Crippen LogP contribution in [-0.4, -0.2) is 24.3 Å². The lowest BCUT2D eigenvalue weighted by Crippen LogP contribution is -2.34. The van der Waals surface area contributed by atoms with Crippen molar-refractivity contribution in [1.82, 2.24) is 5.32 Å². The van der Waals surface area contributed by atoms with Gasteiger partial charge in [-0.3, -0.25) is 0 Å². The summed E-state index contributed by atoms with van der Waals surface area (Å²) in [7, 11) is 0. The van der Waals surface area contributed by atoms with Crippen LogP contribution in [-0.2, 0) is 4.74 Å². The van der Waals surface area contributed by atoms with E-state index < -0.39 is 5.60 Å². The maximum atomic E-state index is 11.3. The number of rotatable bonds is 3. The average molecular weight is 200 g/mol. The van der Waals surface area contributed by atoms with Crippen LogP contribution in [0.4, 0.5) is 4.79 Å². The van der Waals surface area contributed by atoms with Crippen molar-refractivity contribution < 1.29 is 9.53 Å². The van der Waals surface area contributed by atoms with Crippen LogP contribution in [0.5, 0.6) is 0 Å². The fraction of sp³-hybridized carbons (Fsp3) is 0.900. The zero-order valence-electron chi connectivity index (χ0n) is 9.17. The van der Waals surface area contributed by atoms with Gasteiger partial charge in [0.15, 0.2) is 0 Å². The van der Waals surface area contributed by atoms with E-state index in [0.29, 0.717) is 12.5 Å². The highest BCUT2D eigenvalue weighted by Crippen LogP contribution is 2.33. The molecule has 0 aromatic rings. The van der Waals surface area contributed by atoms with E-state index in [1.165, 1.54) is 0 Å². The minimum atomic E-state index is -0.414. The standard InChI is InChI=1S/C10H20N2O2/c1-10(2,3)14-9(13)12-8-6-7(8)4-5-11/h7-8H,4-6,11H2,1-3H3,(H,12,13). The van der Waals surface area contributed by atoms with Crippen LogP contribution in [0.2, 0.25) is 0 Å². The molecule has 0 aromatic carbocycles. The van der Waals surface area contributed by atoms with Gasteiger partial charge in [0.2, 0.25) is 0 Å². The first-order valence-corrected chi connectivity index (χ1v) is 5.12. The monoisotopic (exact) mass is 200 g/mol. The van der Waals surface area contributed by atoms with Crippen molar-refractivity contribution in [2.75, 3.05) is 6.54 Å². The van der Waals surface area contributed by atoms with E-state index in [1.807, 2.05) is 20.8 Å². The van der Waals surface area contributed by atoms with Crippen LogP contribution in [0.1, 0.15) is 33.6 Å². The Bertz CT molecular complexity index is 211. The van der Waals surface area contributed by atoms with Gasteiger partial charge < -0.3 is 15.8 Å². The van der Waals surface area contributed by atoms with Crippen LogP contribution < -0.4 is 11.1 Å². The average Bonchev–Trinajstić information content (AvgIpc) is 2.63. The predicted octanol–water partition coefficient (Wildman–Crippen LogP) is 1.25. The SMILES string of the molecule is CC(C)(C)OC(=O)NC1CC1CCN. The minimum Gasteiger partial charge on any atom is -0.444 e. The van der Waals surface area contributed by atoms with E-state index in [4.69, 9.17) is 10.5 Å². The van der Waals surface area contributed by atoms with Crippen molar-refractivity contribution >= 4 is 6.09 Å². The van der Waals surface area contributed by atoms with Crippen molar-refractivity contribution in [3.63, 3.8) is 0 Å². The lowest BCUT2D eigenvalue weighted by atomic mass is 10.2. The molecule has 0 aromatic heterocycles. The number of ether oxygens (including phenoxy) is 1. The summed E-state index contributed by atoms with van der Waals surface area (Å²) >= 11 is 0. The Morgan fingerprint density at radius 2 is 2.21 bits per heavy atom. The predicted molar refractivity (Wildman–Crippen MR) is 54.9 cm³/mol. The van der Waals surface area contributed by atoms with E-state index in [2.05, 4.69) is 5.32 Å². The number of carbonyl (C=O) groups excluding carboxylic acids is 1. The lowest BCUT2D eigenvalue weighted by Gasteiger charge is -2.19. The Morgan fingerprint density at radius 1 is 1.57 bits per heavy atom. The fourth-order valence-electron chi connectivity index (χ4n) is 1.42. The quantitative estimate of drug-likeness (QED) is 0.720. The van der Waals surface area contributed by atoms with E-state index in [-0.39, 0.29) is 12.1 Å². The molecule has 4 heteroatoms. The molecule has 2 unspecified atom stereocenters. The first-order chi connectivity index (χ1) is 6.42. The summed E-state index contributed by atoms with van der Waals surface area (Å²) in [4.78, 5) is 11.3. The Morgan fingerprint density at radius 3 is 2.71 bits per heavy atom. The molecule has 0 spiro atoms. The normalized spacial score (nSPS) is 25.7. The summed E-state index contributed by atoms with van der Waals surface area (Å²) < 4.78 is 5.13. The van der Waals surface area contributed by atoms with E-state index in [9.17, 15) is 4.79 Å². The molecule has 0 radical (unpaired) electrons. The highest BCUT2D eigenvalue weighted by atomic mass is 16.6. The largest absolute Gasteiger partial charge is 0.444 e. The van der Waals surface area contributed by atoms with Crippen molar-refractivity contribution in [3.8, 4) is 0 Å². The Balaban J connectivity index is 2.17. The van der Waals surface area contributed by atoms with Gasteiger partial charge in [0.25, 0.3) is 0 Å². The van der Waals surface area contributed by atoms with Gasteiger partial charge in [0.05, 0.1) is 0 Å². The summed E-state index contributed by atoms with van der Waals surface area (Å²) in [5, 5.41) is 2.83. The summed E-state index contributed by atoms with van der Waals surface area (Å²) in [5.74, 6) is 0.563. The molecule has 2 atom stereocenters. The number of hydrogen-bond donors (Lipinski definition) is 2. The molecule has 1 rings (SSSR count). The molecule has 1 aliphatic carbocycles. The van der Waals surface area contributed by atoms with Gasteiger partial charge in [-0.2, -0.15) is 0 Å². The van der Waals surface area contributed by atoms with Crippen molar-refractivity contribution in [2.24, 2.45) is 11.7 Å². The Hall–Kier alpha value is -0.770. The number of alkyl carbamates (subject to hydrolysis) is 1. The molecule has 0 aliphatic heterocycles. The summed E-state index contributed by atoms with van der Waals surface area (Å²) in [6.45, 7) is 6.27. The van der Waals surface area contributed by atoms with E-state index in [0.717, 1.165) is 12.8 Å². The second kappa shape index (κ2) is 4.17. The van der Waals surface area contributed by atoms with Crippen molar-refractivity contribution in [2.45, 2.75) is 45.3 Å². The Labute approximate surface area is 85.2 Å². The maximum absolute atomic E-state index is 11.3. The van der Waals surface area contributed by atoms with Gasteiger partial charge in [-0.1, -0.05) is 0 Å². The molecule has 82 valence electrons. The first-order valence-electron chi connectivity index (χ1n) is 5.12. The van der Waals surface area contributed by atoms with Crippen molar-refractivity contribution in [1.29, 1.82) is 0 Å². The van der Waals surface area contributed by atoms with Crippen LogP contribution in [0.15, 0.2) is 0 Å². The molecule has 0 bridgehead atoms. The van der Waals surface area contributed by atoms with Crippen molar-refractivity contribution in [3.05, 3.63) is 0 Å². The summed E-state index contributed by atoms with van der Waals surface area (Å²) in [6, 6.07) is 0.286. The molecule has 0 heterocycles. The third-order valence-electron chi connectivity index (χ3n) is 2.16. The van der Waals surface area contributed by atoms with Gasteiger partial charge >= 0.3 is 6.09 Å². The molecule has 14 heavy (non-hydrogen) atoms. The van der Waals surface area contributed by atoms with Crippen LogP contribution in [0, 0.1) is 5.92 Å². The molecule has 1 saturated carbocycles. The minimum absolute atomic E-state index is 0.286. The first kappa shape index (κ1) is 11.3. The van der Waals surface area contributed by atoms with Gasteiger partial charge in [-0.15, -0.1) is 0 Å². The molecule has 4 nitrogen and oxygen atoms in total. The molecule has 1 aliphatic rings. The zero-order valence-corrected chi connectivity index (χ0v) is 9.17. The van der Waals surface area contributed by atoms with Gasteiger partial charge in [0.1, 0.15) is 5.60 Å². The van der Waals surface area contributed by atoms with E-state index >= 15 is 0 Å². The number of nitrogens with two attached hydrogens (primary N) is 1. The van der Waals surface area contributed by atoms with Crippen LogP contribution in [0.25, 0.3) is 0 Å². The highest BCUT2D eigenvalue weighted by molar-refractivity contribution is 5.68. The summed E-state index contributed by atoms with van der Waals surface area (Å²) in [5.41, 5.74) is 5.01. The molecule has 3 N–H and O–H groups in total. The van der Waals surface area contributed by atoms with Gasteiger partial charge in [-0.05, 0) is 46.1 Å². The molecular formula is C10H20N2O2. The third kappa shape index (κ3) is 3.96. The topological polar surface area (TPSA) is 64.3 Å². The van der Waals surface area contributed by atoms with Gasteiger partial charge in [0, 0.05) is 6.04 Å². The second-order valence-electron chi connectivity index (χ2n) is 4.83. The molecule has 1 amide bonds. The third-order valence-corrected chi connectivity index (χ3v) is 2.16. The fourth-order valence-corrected chi connectivity index (χ4v) is 1.42. The molecule has 1 fully saturated rings. The number of amides is 1. The second-order valence-corrected chi connectivity index (χ2v) is 4.83. The van der Waals surface area contributed by atoms with Crippen LogP contribution in [0.3, 0.4) is 0 Å². The van der Waals surface area contributed by atoms with Crippen LogP contribution >= 0.6 is 0 Å². The maximum Gasteiger partial charge on any atom is 0.407 e. The Kier molecular flexibility index (Phi) is 3.37. The smallest absolute Gasteiger partial charge is 0.407 e. The van der Waals surface area contributed by atoms with E-state index in [1.54, 1.807) is 0 Å².